The molecule has 0 unspecified atom stereocenters. The first-order chi connectivity index (χ1) is 16.4. The molecular weight excluding hydrogens is 418 g/mol. The number of rotatable bonds is 3. The Hall–Kier alpha value is -1.58. The quantitative estimate of drug-likeness (QED) is 0.523. The van der Waals surface area contributed by atoms with Crippen LogP contribution in [0.15, 0.2) is 41.5 Å². The van der Waals surface area contributed by atoms with Gasteiger partial charge in [0.25, 0.3) is 0 Å². The van der Waals surface area contributed by atoms with Gasteiger partial charge in [-0.05, 0) is 117 Å². The molecule has 1 saturated heterocycles. The molecule has 7 atom stereocenters. The van der Waals surface area contributed by atoms with Crippen LogP contribution < -0.4 is 4.74 Å². The summed E-state index contributed by atoms with van der Waals surface area (Å²) in [6.07, 6.45) is 16.3. The van der Waals surface area contributed by atoms with Gasteiger partial charge >= 0.3 is 0 Å². The fourth-order valence-electron chi connectivity index (χ4n) is 8.98. The Morgan fingerprint density at radius 3 is 2.50 bits per heavy atom. The molecule has 6 rings (SSSR count). The van der Waals surface area contributed by atoms with Gasteiger partial charge in [-0.2, -0.15) is 0 Å². The molecule has 3 saturated carbocycles. The molecule has 1 aromatic carbocycles. The third-order valence-corrected chi connectivity index (χ3v) is 11.0. The molecule has 34 heavy (non-hydrogen) atoms. The Morgan fingerprint density at radius 2 is 1.76 bits per heavy atom. The molecule has 3 heteroatoms. The summed E-state index contributed by atoms with van der Waals surface area (Å²) in [6, 6.07) is 8.97. The summed E-state index contributed by atoms with van der Waals surface area (Å²) in [7, 11) is 1.71. The second-order valence-electron chi connectivity index (χ2n) is 12.5. The van der Waals surface area contributed by atoms with Crippen molar-refractivity contribution in [2.45, 2.75) is 83.8 Å². The molecule has 0 amide bonds. The standard InChI is InChI=1S/C31H43NO2/c1-30-14-12-24(32-16-4-5-17-32)20-23(30)8-11-26-27(30)13-15-31(2)28(26)19-22(29(31)33)18-21-6-9-25(34-3)10-7-21/h6-7,9-10,18,20,24,26-29,33H,4-5,8,11-17,19H2,1-3H3/b22-18+/t24-,26+,27-,28-,29-,30-,31-/m0/s1. The van der Waals surface area contributed by atoms with Crippen LogP contribution in [0.25, 0.3) is 6.08 Å². The van der Waals surface area contributed by atoms with Crippen LogP contribution in [0.4, 0.5) is 0 Å². The van der Waals surface area contributed by atoms with Gasteiger partial charge < -0.3 is 9.84 Å². The number of fused-ring (bicyclic) bond motifs is 5. The maximum atomic E-state index is 11.5. The average Bonchev–Trinajstić information content (AvgIpc) is 3.47. The van der Waals surface area contributed by atoms with Crippen molar-refractivity contribution in [1.82, 2.24) is 4.90 Å². The predicted molar refractivity (Wildman–Crippen MR) is 139 cm³/mol. The van der Waals surface area contributed by atoms with Gasteiger partial charge in [0, 0.05) is 11.5 Å². The summed E-state index contributed by atoms with van der Waals surface area (Å²) in [5.74, 6) is 3.04. The van der Waals surface area contributed by atoms with Gasteiger partial charge in [-0.3, -0.25) is 4.90 Å². The van der Waals surface area contributed by atoms with Gasteiger partial charge in [0.05, 0.1) is 13.2 Å². The van der Waals surface area contributed by atoms with E-state index in [4.69, 9.17) is 4.74 Å². The number of likely N-dealkylation sites (tertiary alicyclic amines) is 1. The Morgan fingerprint density at radius 1 is 1.00 bits per heavy atom. The van der Waals surface area contributed by atoms with E-state index in [1.54, 1.807) is 12.7 Å². The molecule has 1 aromatic rings. The normalized spacial score (nSPS) is 43.2. The van der Waals surface area contributed by atoms with Crippen LogP contribution in [-0.2, 0) is 0 Å². The van der Waals surface area contributed by atoms with E-state index in [0.717, 1.165) is 24.0 Å². The van der Waals surface area contributed by atoms with Gasteiger partial charge in [0.15, 0.2) is 0 Å². The van der Waals surface area contributed by atoms with Crippen molar-refractivity contribution in [2.24, 2.45) is 28.6 Å². The van der Waals surface area contributed by atoms with E-state index in [1.165, 1.54) is 75.6 Å². The monoisotopic (exact) mass is 461 g/mol. The molecular formula is C31H43NO2. The minimum atomic E-state index is -0.309. The molecule has 184 valence electrons. The lowest BCUT2D eigenvalue weighted by atomic mass is 9.47. The summed E-state index contributed by atoms with van der Waals surface area (Å²) in [5.41, 5.74) is 4.63. The van der Waals surface area contributed by atoms with Crippen molar-refractivity contribution in [3.63, 3.8) is 0 Å². The highest BCUT2D eigenvalue weighted by atomic mass is 16.5. The first kappa shape index (κ1) is 22.9. The third-order valence-electron chi connectivity index (χ3n) is 11.0. The van der Waals surface area contributed by atoms with E-state index in [2.05, 4.69) is 43.0 Å². The van der Waals surface area contributed by atoms with Crippen LogP contribution in [0.1, 0.15) is 77.2 Å². The van der Waals surface area contributed by atoms with Crippen molar-refractivity contribution in [3.8, 4) is 5.75 Å². The highest BCUT2D eigenvalue weighted by Gasteiger charge is 2.60. The zero-order valence-corrected chi connectivity index (χ0v) is 21.4. The molecule has 0 radical (unpaired) electrons. The summed E-state index contributed by atoms with van der Waals surface area (Å²) in [4.78, 5) is 2.75. The Balaban J connectivity index is 1.25. The molecule has 0 aromatic heterocycles. The van der Waals surface area contributed by atoms with Gasteiger partial charge in [-0.1, -0.05) is 43.7 Å². The van der Waals surface area contributed by atoms with E-state index in [1.807, 2.05) is 12.1 Å². The van der Waals surface area contributed by atoms with E-state index in [9.17, 15) is 5.11 Å². The lowest BCUT2D eigenvalue weighted by Gasteiger charge is -2.58. The number of aliphatic hydroxyl groups excluding tert-OH is 1. The smallest absolute Gasteiger partial charge is 0.118 e. The maximum Gasteiger partial charge on any atom is 0.118 e. The molecule has 1 heterocycles. The number of ether oxygens (including phenoxy) is 1. The molecule has 5 aliphatic rings. The molecule has 4 aliphatic carbocycles. The minimum Gasteiger partial charge on any atom is -0.497 e. The van der Waals surface area contributed by atoms with E-state index in [0.29, 0.717) is 17.4 Å². The molecule has 3 nitrogen and oxygen atoms in total. The van der Waals surface area contributed by atoms with Crippen LogP contribution in [0.2, 0.25) is 0 Å². The highest BCUT2D eigenvalue weighted by molar-refractivity contribution is 5.56. The van der Waals surface area contributed by atoms with Crippen LogP contribution in [-0.4, -0.2) is 42.4 Å². The predicted octanol–water partition coefficient (Wildman–Crippen LogP) is 6.48. The van der Waals surface area contributed by atoms with E-state index >= 15 is 0 Å². The minimum absolute atomic E-state index is 0.0315. The molecule has 1 aliphatic heterocycles. The largest absolute Gasteiger partial charge is 0.497 e. The summed E-state index contributed by atoms with van der Waals surface area (Å²) in [5, 5.41) is 11.5. The molecule has 0 bridgehead atoms. The number of allylic oxidation sites excluding steroid dienone is 1. The van der Waals surface area contributed by atoms with E-state index in [-0.39, 0.29) is 11.5 Å². The molecule has 4 fully saturated rings. The Labute approximate surface area is 206 Å². The third kappa shape index (κ3) is 3.53. The maximum absolute atomic E-state index is 11.5. The number of methoxy groups -OCH3 is 1. The lowest BCUT2D eigenvalue weighted by Crippen LogP contribution is -2.52. The number of nitrogens with zero attached hydrogens (tertiary/aromatic N) is 1. The first-order valence-corrected chi connectivity index (χ1v) is 13.9. The van der Waals surface area contributed by atoms with Crippen LogP contribution >= 0.6 is 0 Å². The van der Waals surface area contributed by atoms with Crippen LogP contribution in [0, 0.1) is 28.6 Å². The van der Waals surface area contributed by atoms with Crippen molar-refractivity contribution >= 4 is 6.08 Å². The van der Waals surface area contributed by atoms with Gasteiger partial charge in [0.2, 0.25) is 0 Å². The number of hydrogen-bond acceptors (Lipinski definition) is 3. The fourth-order valence-corrected chi connectivity index (χ4v) is 8.98. The van der Waals surface area contributed by atoms with Crippen LogP contribution in [0.5, 0.6) is 5.75 Å². The van der Waals surface area contributed by atoms with Crippen molar-refractivity contribution in [2.75, 3.05) is 20.2 Å². The zero-order valence-electron chi connectivity index (χ0n) is 21.4. The highest BCUT2D eigenvalue weighted by Crippen LogP contribution is 2.66. The Kier molecular flexibility index (Phi) is 5.73. The van der Waals surface area contributed by atoms with Crippen molar-refractivity contribution in [1.29, 1.82) is 0 Å². The number of hydrogen-bond donors (Lipinski definition) is 1. The molecule has 0 spiro atoms. The SMILES string of the molecule is COc1ccc(/C=C2\C[C@H]3[C@@H]4CCC5=C[C@@H](N6CCCC6)CC[C@]5(C)[C@H]4CC[C@]3(C)[C@H]2O)cc1. The first-order valence-electron chi connectivity index (χ1n) is 13.9. The topological polar surface area (TPSA) is 32.7 Å². The second-order valence-corrected chi connectivity index (χ2v) is 12.5. The van der Waals surface area contributed by atoms with Gasteiger partial charge in [-0.15, -0.1) is 0 Å². The van der Waals surface area contributed by atoms with Crippen molar-refractivity contribution in [3.05, 3.63) is 47.1 Å². The zero-order chi connectivity index (χ0) is 23.5. The fraction of sp³-hybridized carbons (Fsp3) is 0.677. The summed E-state index contributed by atoms with van der Waals surface area (Å²) >= 11 is 0. The summed E-state index contributed by atoms with van der Waals surface area (Å²) < 4.78 is 5.32. The van der Waals surface area contributed by atoms with Gasteiger partial charge in [-0.25, -0.2) is 0 Å². The number of benzene rings is 1. The van der Waals surface area contributed by atoms with Crippen molar-refractivity contribution < 1.29 is 9.84 Å². The second kappa shape index (κ2) is 8.52. The lowest BCUT2D eigenvalue weighted by molar-refractivity contribution is -0.0726. The number of aliphatic hydroxyl groups is 1. The van der Waals surface area contributed by atoms with Gasteiger partial charge in [0.1, 0.15) is 5.75 Å². The van der Waals surface area contributed by atoms with Crippen LogP contribution in [0.3, 0.4) is 0 Å². The summed E-state index contributed by atoms with van der Waals surface area (Å²) in [6.45, 7) is 7.61. The van der Waals surface area contributed by atoms with E-state index < -0.39 is 0 Å². The Bertz CT molecular complexity index is 974. The average molecular weight is 462 g/mol. The molecule has 1 N–H and O–H groups in total.